The maximum Gasteiger partial charge on any atom is 0.209 e. The molecule has 0 aromatic heterocycles. The average Bonchev–Trinajstić information content (AvgIpc) is 3.49. The molecule has 2 nitrogen and oxygen atoms in total. The van der Waals surface area contributed by atoms with Crippen molar-refractivity contribution in [1.82, 2.24) is 0 Å². The van der Waals surface area contributed by atoms with E-state index in [-0.39, 0.29) is 5.92 Å². The van der Waals surface area contributed by atoms with Gasteiger partial charge >= 0.3 is 0 Å². The smallest absolute Gasteiger partial charge is 0.209 e. The number of hydrogen-bond acceptors (Lipinski definition) is 2. The van der Waals surface area contributed by atoms with Crippen LogP contribution in [0, 0.1) is 52.3 Å². The van der Waals surface area contributed by atoms with Gasteiger partial charge in [-0.15, -0.1) is 0 Å². The third kappa shape index (κ3) is 3.72. The summed E-state index contributed by atoms with van der Waals surface area (Å²) < 4.78 is 14.6. The van der Waals surface area contributed by atoms with Gasteiger partial charge in [0.1, 0.15) is 0 Å². The van der Waals surface area contributed by atoms with Crippen LogP contribution in [0.2, 0.25) is 0 Å². The zero-order valence-electron chi connectivity index (χ0n) is 20.5. The molecular formula is C28H47FO2. The van der Waals surface area contributed by atoms with Gasteiger partial charge in [0, 0.05) is 12.3 Å². The van der Waals surface area contributed by atoms with Gasteiger partial charge in [0.25, 0.3) is 0 Å². The Kier molecular flexibility index (Phi) is 5.42. The van der Waals surface area contributed by atoms with Crippen LogP contribution >= 0.6 is 0 Å². The number of halogens is 1. The summed E-state index contributed by atoms with van der Waals surface area (Å²) in [4.78, 5) is 0. The molecule has 0 amide bonds. The molecule has 0 aromatic carbocycles. The van der Waals surface area contributed by atoms with Gasteiger partial charge in [-0.05, 0) is 130 Å². The van der Waals surface area contributed by atoms with Crippen molar-refractivity contribution in [3.05, 3.63) is 0 Å². The number of aliphatic hydroxyl groups is 2. The first kappa shape index (κ1) is 22.6. The van der Waals surface area contributed by atoms with Gasteiger partial charge in [-0.2, -0.15) is 0 Å². The molecule has 5 aliphatic rings. The SMILES string of the molecule is C[C@H](CC[C@](O)(F)C1CC1)[C@H]1CC[C@H]2[C@@H]3CC[C@H]4C[C@@](C)(O)CC[C@]4(C)[C@H]3CC[C@]12C. The molecule has 5 saturated carbocycles. The molecule has 0 aromatic rings. The van der Waals surface area contributed by atoms with Crippen LogP contribution in [0.1, 0.15) is 111 Å². The molecule has 2 N–H and O–H groups in total. The van der Waals surface area contributed by atoms with E-state index in [2.05, 4.69) is 27.7 Å². The molecule has 178 valence electrons. The minimum absolute atomic E-state index is 0.0887. The van der Waals surface area contributed by atoms with E-state index in [1.165, 1.54) is 44.9 Å². The van der Waals surface area contributed by atoms with E-state index < -0.39 is 11.5 Å². The lowest BCUT2D eigenvalue weighted by atomic mass is 9.43. The predicted molar refractivity (Wildman–Crippen MR) is 123 cm³/mol. The second-order valence-electron chi connectivity index (χ2n) is 13.7. The summed E-state index contributed by atoms with van der Waals surface area (Å²) in [6.45, 7) is 9.54. The monoisotopic (exact) mass is 434 g/mol. The lowest BCUT2D eigenvalue weighted by Gasteiger charge is -2.62. The van der Waals surface area contributed by atoms with Gasteiger partial charge in [-0.1, -0.05) is 20.8 Å². The van der Waals surface area contributed by atoms with Crippen LogP contribution in [0.5, 0.6) is 0 Å². The topological polar surface area (TPSA) is 40.5 Å². The lowest BCUT2D eigenvalue weighted by Crippen LogP contribution is -2.55. The fourth-order valence-electron chi connectivity index (χ4n) is 9.77. The summed E-state index contributed by atoms with van der Waals surface area (Å²) in [5.74, 6) is 2.39. The van der Waals surface area contributed by atoms with E-state index in [0.717, 1.165) is 49.9 Å². The average molecular weight is 435 g/mol. The van der Waals surface area contributed by atoms with E-state index in [1.54, 1.807) is 0 Å². The summed E-state index contributed by atoms with van der Waals surface area (Å²) in [7, 11) is 0. The molecule has 0 radical (unpaired) electrons. The molecule has 10 atom stereocenters. The lowest BCUT2D eigenvalue weighted by molar-refractivity contribution is -0.149. The zero-order chi connectivity index (χ0) is 22.2. The van der Waals surface area contributed by atoms with Crippen LogP contribution in [0.25, 0.3) is 0 Å². The molecule has 5 fully saturated rings. The standard InChI is InChI=1S/C28H47FO2/c1-18(11-14-28(29,31)19-5-6-19)22-9-10-23-21-8-7-20-17-25(2,30)15-16-26(20,3)24(21)12-13-27(22,23)4/h18-24,30-31H,5-17H2,1-4H3/t18-,20+,21+,22-,23+,24+,25+,26+,27-,28-/m1/s1. The minimum Gasteiger partial charge on any atom is -0.390 e. The van der Waals surface area contributed by atoms with Crippen LogP contribution < -0.4 is 0 Å². The first-order valence-electron chi connectivity index (χ1n) is 13.6. The third-order valence-corrected chi connectivity index (χ3v) is 11.9. The first-order valence-corrected chi connectivity index (χ1v) is 13.6. The minimum atomic E-state index is -1.92. The van der Waals surface area contributed by atoms with Crippen molar-refractivity contribution in [2.75, 3.05) is 0 Å². The molecule has 0 unspecified atom stereocenters. The molecule has 5 aliphatic carbocycles. The van der Waals surface area contributed by atoms with E-state index in [9.17, 15) is 14.6 Å². The largest absolute Gasteiger partial charge is 0.390 e. The Morgan fingerprint density at radius 3 is 2.32 bits per heavy atom. The van der Waals surface area contributed by atoms with Gasteiger partial charge in [0.05, 0.1) is 5.60 Å². The highest BCUT2D eigenvalue weighted by atomic mass is 19.2. The molecule has 0 bridgehead atoms. The quantitative estimate of drug-likeness (QED) is 0.495. The highest BCUT2D eigenvalue weighted by Crippen LogP contribution is 2.69. The molecule has 0 aliphatic heterocycles. The molecular weight excluding hydrogens is 387 g/mol. The highest BCUT2D eigenvalue weighted by molar-refractivity contribution is 5.10. The van der Waals surface area contributed by atoms with Crippen LogP contribution in [0.3, 0.4) is 0 Å². The van der Waals surface area contributed by atoms with Crippen LogP contribution in [0.15, 0.2) is 0 Å². The molecule has 0 heterocycles. The Morgan fingerprint density at radius 2 is 1.61 bits per heavy atom. The van der Waals surface area contributed by atoms with Gasteiger partial charge < -0.3 is 10.2 Å². The van der Waals surface area contributed by atoms with Crippen molar-refractivity contribution in [3.63, 3.8) is 0 Å². The fourth-order valence-corrected chi connectivity index (χ4v) is 9.77. The number of fused-ring (bicyclic) bond motifs is 5. The van der Waals surface area contributed by atoms with E-state index in [0.29, 0.717) is 35.0 Å². The predicted octanol–water partition coefficient (Wildman–Crippen LogP) is 6.88. The number of hydrogen-bond donors (Lipinski definition) is 2. The van der Waals surface area contributed by atoms with Gasteiger partial charge in [0.2, 0.25) is 5.85 Å². The highest BCUT2D eigenvalue weighted by Gasteiger charge is 2.61. The van der Waals surface area contributed by atoms with Crippen molar-refractivity contribution < 1.29 is 14.6 Å². The van der Waals surface area contributed by atoms with Crippen molar-refractivity contribution in [2.24, 2.45) is 52.3 Å². The van der Waals surface area contributed by atoms with Crippen LogP contribution in [-0.2, 0) is 0 Å². The Bertz CT molecular complexity index is 684. The Balaban J connectivity index is 1.28. The second kappa shape index (κ2) is 7.42. The molecule has 3 heteroatoms. The van der Waals surface area contributed by atoms with Gasteiger partial charge in [-0.3, -0.25) is 0 Å². The van der Waals surface area contributed by atoms with E-state index in [1.807, 2.05) is 0 Å². The van der Waals surface area contributed by atoms with Crippen molar-refractivity contribution >= 4 is 0 Å². The first-order chi connectivity index (χ1) is 14.5. The van der Waals surface area contributed by atoms with E-state index >= 15 is 0 Å². The molecule has 0 saturated heterocycles. The Hall–Kier alpha value is -0.150. The van der Waals surface area contributed by atoms with Crippen LogP contribution in [-0.4, -0.2) is 21.7 Å². The van der Waals surface area contributed by atoms with Crippen LogP contribution in [0.4, 0.5) is 4.39 Å². The fraction of sp³-hybridized carbons (Fsp3) is 1.00. The van der Waals surface area contributed by atoms with Gasteiger partial charge in [0.15, 0.2) is 0 Å². The normalized spacial score (nSPS) is 52.5. The zero-order valence-corrected chi connectivity index (χ0v) is 20.5. The number of alkyl halides is 1. The Morgan fingerprint density at radius 1 is 0.903 bits per heavy atom. The maximum absolute atomic E-state index is 14.6. The molecule has 0 spiro atoms. The van der Waals surface area contributed by atoms with Gasteiger partial charge in [-0.25, -0.2) is 4.39 Å². The Labute approximate surface area is 189 Å². The molecule has 31 heavy (non-hydrogen) atoms. The van der Waals surface area contributed by atoms with E-state index in [4.69, 9.17) is 0 Å². The summed E-state index contributed by atoms with van der Waals surface area (Å²) in [5.41, 5.74) is 0.371. The van der Waals surface area contributed by atoms with Crippen molar-refractivity contribution in [1.29, 1.82) is 0 Å². The summed E-state index contributed by atoms with van der Waals surface area (Å²) >= 11 is 0. The number of rotatable bonds is 5. The van der Waals surface area contributed by atoms with Crippen molar-refractivity contribution in [3.8, 4) is 0 Å². The second-order valence-corrected chi connectivity index (χ2v) is 13.7. The summed E-state index contributed by atoms with van der Waals surface area (Å²) in [5, 5.41) is 20.9. The third-order valence-electron chi connectivity index (χ3n) is 11.9. The summed E-state index contributed by atoms with van der Waals surface area (Å²) in [6, 6.07) is 0. The molecule has 5 rings (SSSR count). The van der Waals surface area contributed by atoms with Crippen molar-refractivity contribution in [2.45, 2.75) is 123 Å². The summed E-state index contributed by atoms with van der Waals surface area (Å²) in [6.07, 6.45) is 14.1. The maximum atomic E-state index is 14.6.